The monoisotopic (exact) mass is 302 g/mol. The lowest BCUT2D eigenvalue weighted by molar-refractivity contribution is -0.153. The van der Waals surface area contributed by atoms with Crippen molar-refractivity contribution in [2.45, 2.75) is 31.7 Å². The van der Waals surface area contributed by atoms with Crippen molar-refractivity contribution in [3.05, 3.63) is 29.3 Å². The van der Waals surface area contributed by atoms with Gasteiger partial charge in [-0.25, -0.2) is 0 Å². The molecule has 0 radical (unpaired) electrons. The topological polar surface area (TPSA) is 89.9 Å². The number of ketones is 2. The molecule has 0 spiro atoms. The molecule has 1 aromatic carbocycles. The maximum Gasteiger partial charge on any atom is 0.308 e. The number of fused-ring (bicyclic) bond motifs is 4. The van der Waals surface area contributed by atoms with E-state index in [4.69, 9.17) is 9.47 Å². The van der Waals surface area contributed by atoms with Crippen molar-refractivity contribution in [1.82, 2.24) is 0 Å². The molecule has 2 heterocycles. The predicted molar refractivity (Wildman–Crippen MR) is 72.6 cm³/mol. The predicted octanol–water partition coefficient (Wildman–Crippen LogP) is 1.11. The third kappa shape index (κ3) is 1.61. The van der Waals surface area contributed by atoms with Crippen molar-refractivity contribution in [2.75, 3.05) is 0 Å². The van der Waals surface area contributed by atoms with Crippen LogP contribution in [0.15, 0.2) is 18.2 Å². The van der Waals surface area contributed by atoms with Gasteiger partial charge in [0.1, 0.15) is 18.0 Å². The highest BCUT2D eigenvalue weighted by molar-refractivity contribution is 6.18. The second-order valence-electron chi connectivity index (χ2n) is 6.02. The van der Waals surface area contributed by atoms with Gasteiger partial charge in [0, 0.05) is 5.56 Å². The Balaban J connectivity index is 1.87. The number of carbonyl (C=O) groups is 3. The zero-order chi connectivity index (χ0) is 15.6. The summed E-state index contributed by atoms with van der Waals surface area (Å²) in [7, 11) is 0. The maximum atomic E-state index is 12.8. The molecule has 2 saturated heterocycles. The summed E-state index contributed by atoms with van der Waals surface area (Å²) >= 11 is 0. The first-order chi connectivity index (χ1) is 10.5. The molecule has 0 amide bonds. The zero-order valence-electron chi connectivity index (χ0n) is 11.8. The molecule has 1 N–H and O–H groups in total. The molecule has 3 aliphatic rings. The number of esters is 1. The molecule has 2 unspecified atom stereocenters. The van der Waals surface area contributed by atoms with E-state index in [1.54, 1.807) is 6.92 Å². The van der Waals surface area contributed by atoms with E-state index < -0.39 is 36.1 Å². The fraction of sp³-hybridized carbons (Fsp3) is 0.438. The molecule has 6 heteroatoms. The Bertz CT molecular complexity index is 709. The van der Waals surface area contributed by atoms with E-state index in [-0.39, 0.29) is 34.9 Å². The molecule has 5 atom stereocenters. The van der Waals surface area contributed by atoms with Crippen LogP contribution < -0.4 is 0 Å². The number of hydrogen-bond acceptors (Lipinski definition) is 6. The van der Waals surface area contributed by atoms with Gasteiger partial charge in [-0.1, -0.05) is 12.1 Å². The Morgan fingerprint density at radius 2 is 1.91 bits per heavy atom. The van der Waals surface area contributed by atoms with Crippen LogP contribution in [0, 0.1) is 11.8 Å². The van der Waals surface area contributed by atoms with E-state index >= 15 is 0 Å². The van der Waals surface area contributed by atoms with Crippen LogP contribution in [0.2, 0.25) is 0 Å². The second-order valence-corrected chi connectivity index (χ2v) is 6.02. The van der Waals surface area contributed by atoms with E-state index in [0.29, 0.717) is 0 Å². The number of hydrogen-bond donors (Lipinski definition) is 1. The first-order valence-corrected chi connectivity index (χ1v) is 7.24. The summed E-state index contributed by atoms with van der Waals surface area (Å²) < 4.78 is 11.0. The van der Waals surface area contributed by atoms with Crippen molar-refractivity contribution in [2.24, 2.45) is 11.8 Å². The fourth-order valence-electron chi connectivity index (χ4n) is 3.88. The summed E-state index contributed by atoms with van der Waals surface area (Å²) in [5.74, 6) is -2.68. The summed E-state index contributed by atoms with van der Waals surface area (Å²) in [6, 6.07) is 4.44. The minimum atomic E-state index is -0.736. The lowest BCUT2D eigenvalue weighted by atomic mass is 9.67. The van der Waals surface area contributed by atoms with Crippen LogP contribution in [0.1, 0.15) is 34.1 Å². The first kappa shape index (κ1) is 13.5. The van der Waals surface area contributed by atoms with Gasteiger partial charge in [0.05, 0.1) is 29.9 Å². The Kier molecular flexibility index (Phi) is 2.69. The van der Waals surface area contributed by atoms with E-state index in [9.17, 15) is 19.5 Å². The number of rotatable bonds is 0. The molecule has 0 bridgehead atoms. The Morgan fingerprint density at radius 3 is 2.68 bits per heavy atom. The van der Waals surface area contributed by atoms with Gasteiger partial charge in [-0.15, -0.1) is 0 Å². The largest absolute Gasteiger partial charge is 0.507 e. The first-order valence-electron chi connectivity index (χ1n) is 7.24. The van der Waals surface area contributed by atoms with E-state index in [1.807, 2.05) is 0 Å². The third-order valence-corrected chi connectivity index (χ3v) is 4.80. The van der Waals surface area contributed by atoms with Crippen LogP contribution in [-0.4, -0.2) is 41.0 Å². The average Bonchev–Trinajstić information content (AvgIpc) is 2.83. The van der Waals surface area contributed by atoms with Crippen molar-refractivity contribution in [3.8, 4) is 5.75 Å². The molecular weight excluding hydrogens is 288 g/mol. The van der Waals surface area contributed by atoms with Gasteiger partial charge in [0.15, 0.2) is 11.6 Å². The molecular formula is C16H14O6. The summed E-state index contributed by atoms with van der Waals surface area (Å²) in [4.78, 5) is 37.1. The number of ether oxygens (including phenoxy) is 2. The average molecular weight is 302 g/mol. The van der Waals surface area contributed by atoms with Crippen molar-refractivity contribution < 1.29 is 29.0 Å². The number of phenolic OH excluding ortho intramolecular Hbond substituents is 1. The molecule has 22 heavy (non-hydrogen) atoms. The standard InChI is InChI=1S/C16H14O6/c1-6-11-13(16-9(21-6)5-10(18)22-16)14(19)7-3-2-4-8(17)12(7)15(11)20/h2-4,6,9,11,13,16-17H,5H2,1H3/t6-,9-,11?,13?,16+/m1/s1. The zero-order valence-corrected chi connectivity index (χ0v) is 11.8. The highest BCUT2D eigenvalue weighted by Crippen LogP contribution is 2.45. The van der Waals surface area contributed by atoms with Crippen LogP contribution in [0.5, 0.6) is 5.75 Å². The number of carbonyl (C=O) groups excluding carboxylic acids is 3. The molecule has 0 aromatic heterocycles. The molecule has 4 rings (SSSR count). The molecule has 2 fully saturated rings. The van der Waals surface area contributed by atoms with Crippen LogP contribution >= 0.6 is 0 Å². The van der Waals surface area contributed by atoms with Crippen molar-refractivity contribution >= 4 is 17.5 Å². The lowest BCUT2D eigenvalue weighted by Crippen LogP contribution is -2.56. The van der Waals surface area contributed by atoms with Gasteiger partial charge in [0.25, 0.3) is 0 Å². The normalized spacial score (nSPS) is 36.4. The van der Waals surface area contributed by atoms with Gasteiger partial charge >= 0.3 is 5.97 Å². The van der Waals surface area contributed by atoms with Crippen molar-refractivity contribution in [1.29, 1.82) is 0 Å². The van der Waals surface area contributed by atoms with E-state index in [2.05, 4.69) is 0 Å². The smallest absolute Gasteiger partial charge is 0.308 e. The van der Waals surface area contributed by atoms with E-state index in [0.717, 1.165) is 0 Å². The van der Waals surface area contributed by atoms with Crippen LogP contribution in [0.4, 0.5) is 0 Å². The number of benzene rings is 1. The summed E-state index contributed by atoms with van der Waals surface area (Å²) in [5, 5.41) is 9.95. The number of Topliss-reactive ketones (excluding diaryl/α,β-unsaturated/α-hetero) is 2. The Morgan fingerprint density at radius 1 is 1.14 bits per heavy atom. The summed E-state index contributed by atoms with van der Waals surface area (Å²) in [5.41, 5.74) is 0.244. The molecule has 6 nitrogen and oxygen atoms in total. The van der Waals surface area contributed by atoms with Crippen LogP contribution in [-0.2, 0) is 14.3 Å². The SMILES string of the molecule is C[C@H]1O[C@@H]2CC(=O)O[C@@H]2C2C(=O)c3cccc(O)c3C(=O)C21. The third-order valence-electron chi connectivity index (χ3n) is 4.80. The molecule has 1 aliphatic carbocycles. The van der Waals surface area contributed by atoms with Gasteiger partial charge in [-0.3, -0.25) is 14.4 Å². The Labute approximate surface area is 126 Å². The van der Waals surface area contributed by atoms with Crippen molar-refractivity contribution in [3.63, 3.8) is 0 Å². The minimum Gasteiger partial charge on any atom is -0.507 e. The Hall–Kier alpha value is -2.21. The molecule has 1 aromatic rings. The molecule has 2 aliphatic heterocycles. The molecule has 114 valence electrons. The number of phenols is 1. The maximum absolute atomic E-state index is 12.8. The summed E-state index contributed by atoms with van der Waals surface area (Å²) in [6.45, 7) is 1.72. The second kappa shape index (κ2) is 4.39. The molecule has 0 saturated carbocycles. The highest BCUT2D eigenvalue weighted by atomic mass is 16.6. The van der Waals surface area contributed by atoms with E-state index in [1.165, 1.54) is 18.2 Å². The quantitative estimate of drug-likeness (QED) is 0.722. The van der Waals surface area contributed by atoms with Gasteiger partial charge in [-0.2, -0.15) is 0 Å². The van der Waals surface area contributed by atoms with Gasteiger partial charge in [-0.05, 0) is 13.0 Å². The minimum absolute atomic E-state index is 0.0481. The van der Waals surface area contributed by atoms with Gasteiger partial charge in [0.2, 0.25) is 0 Å². The lowest BCUT2D eigenvalue weighted by Gasteiger charge is -2.43. The number of aromatic hydroxyl groups is 1. The highest BCUT2D eigenvalue weighted by Gasteiger charge is 2.58. The van der Waals surface area contributed by atoms with Crippen LogP contribution in [0.3, 0.4) is 0 Å². The van der Waals surface area contributed by atoms with Crippen LogP contribution in [0.25, 0.3) is 0 Å². The fourth-order valence-corrected chi connectivity index (χ4v) is 3.88. The van der Waals surface area contributed by atoms with Gasteiger partial charge < -0.3 is 14.6 Å². The summed E-state index contributed by atoms with van der Waals surface area (Å²) in [6.07, 6.45) is -1.61.